The number of halogens is 2. The molecule has 0 aliphatic heterocycles. The molecule has 0 saturated heterocycles. The lowest BCUT2D eigenvalue weighted by atomic mass is 10.1. The van der Waals surface area contributed by atoms with E-state index in [0.717, 1.165) is 17.7 Å². The Hall–Kier alpha value is -2.29. The van der Waals surface area contributed by atoms with Gasteiger partial charge in [-0.25, -0.2) is 8.78 Å². The quantitative estimate of drug-likeness (QED) is 0.889. The summed E-state index contributed by atoms with van der Waals surface area (Å²) in [6, 6.07) is 12.4. The molecule has 108 valence electrons. The van der Waals surface area contributed by atoms with Gasteiger partial charge in [-0.05, 0) is 35.4 Å². The van der Waals surface area contributed by atoms with Gasteiger partial charge in [-0.2, -0.15) is 5.26 Å². The third-order valence-electron chi connectivity index (χ3n) is 3.08. The molecule has 1 atom stereocenters. The van der Waals surface area contributed by atoms with Crippen molar-refractivity contribution in [2.24, 2.45) is 0 Å². The minimum atomic E-state index is -0.973. The summed E-state index contributed by atoms with van der Waals surface area (Å²) in [5.74, 6) is -1.91. The van der Waals surface area contributed by atoms with Crippen molar-refractivity contribution in [2.75, 3.05) is 6.54 Å². The maximum atomic E-state index is 13.1. The predicted molar refractivity (Wildman–Crippen MR) is 74.2 cm³/mol. The minimum Gasteiger partial charge on any atom is -0.387 e. The summed E-state index contributed by atoms with van der Waals surface area (Å²) in [4.78, 5) is 0. The zero-order valence-electron chi connectivity index (χ0n) is 11.2. The molecule has 0 saturated carbocycles. The lowest BCUT2D eigenvalue weighted by Gasteiger charge is -2.12. The summed E-state index contributed by atoms with van der Waals surface area (Å²) >= 11 is 0. The first-order chi connectivity index (χ1) is 10.1. The van der Waals surface area contributed by atoms with Crippen LogP contribution in [0.5, 0.6) is 0 Å². The van der Waals surface area contributed by atoms with Gasteiger partial charge in [-0.15, -0.1) is 0 Å². The molecule has 0 aliphatic rings. The van der Waals surface area contributed by atoms with Gasteiger partial charge in [0.2, 0.25) is 0 Å². The van der Waals surface area contributed by atoms with E-state index >= 15 is 0 Å². The Kier molecular flexibility index (Phi) is 4.99. The number of rotatable bonds is 5. The zero-order valence-corrected chi connectivity index (χ0v) is 11.2. The van der Waals surface area contributed by atoms with Gasteiger partial charge in [-0.3, -0.25) is 0 Å². The molecule has 0 spiro atoms. The first-order valence-electron chi connectivity index (χ1n) is 6.43. The number of benzene rings is 2. The molecule has 0 unspecified atom stereocenters. The fourth-order valence-corrected chi connectivity index (χ4v) is 1.89. The highest BCUT2D eigenvalue weighted by Gasteiger charge is 2.10. The highest BCUT2D eigenvalue weighted by atomic mass is 19.2. The van der Waals surface area contributed by atoms with Crippen LogP contribution in [0.2, 0.25) is 0 Å². The number of nitriles is 1. The summed E-state index contributed by atoms with van der Waals surface area (Å²) in [5, 5.41) is 21.6. The summed E-state index contributed by atoms with van der Waals surface area (Å²) in [5.41, 5.74) is 1.87. The van der Waals surface area contributed by atoms with Crippen LogP contribution in [0.4, 0.5) is 8.78 Å². The van der Waals surface area contributed by atoms with Crippen molar-refractivity contribution in [1.29, 1.82) is 5.26 Å². The highest BCUT2D eigenvalue weighted by molar-refractivity contribution is 5.31. The van der Waals surface area contributed by atoms with Gasteiger partial charge in [0.05, 0.1) is 17.7 Å². The molecule has 3 nitrogen and oxygen atoms in total. The van der Waals surface area contributed by atoms with Gasteiger partial charge >= 0.3 is 0 Å². The van der Waals surface area contributed by atoms with Crippen LogP contribution in [0.25, 0.3) is 0 Å². The third kappa shape index (κ3) is 4.09. The summed E-state index contributed by atoms with van der Waals surface area (Å²) in [7, 11) is 0. The number of hydrogen-bond donors (Lipinski definition) is 2. The number of hydrogen-bond acceptors (Lipinski definition) is 3. The van der Waals surface area contributed by atoms with Crippen LogP contribution in [-0.2, 0) is 6.54 Å². The zero-order chi connectivity index (χ0) is 15.2. The second-order valence-corrected chi connectivity index (χ2v) is 4.63. The van der Waals surface area contributed by atoms with Gasteiger partial charge in [-0.1, -0.05) is 18.2 Å². The minimum absolute atomic E-state index is 0.213. The second-order valence-electron chi connectivity index (χ2n) is 4.63. The van der Waals surface area contributed by atoms with E-state index < -0.39 is 17.7 Å². The Balaban J connectivity index is 1.87. The average Bonchev–Trinajstić information content (AvgIpc) is 2.50. The molecule has 21 heavy (non-hydrogen) atoms. The average molecular weight is 288 g/mol. The summed E-state index contributed by atoms with van der Waals surface area (Å²) < 4.78 is 25.9. The van der Waals surface area contributed by atoms with Crippen molar-refractivity contribution in [2.45, 2.75) is 12.6 Å². The number of aliphatic hydroxyl groups is 1. The smallest absolute Gasteiger partial charge is 0.159 e. The Morgan fingerprint density at radius 3 is 2.43 bits per heavy atom. The molecule has 0 heterocycles. The third-order valence-corrected chi connectivity index (χ3v) is 3.08. The Labute approximate surface area is 121 Å². The topological polar surface area (TPSA) is 56.0 Å². The molecule has 2 aromatic carbocycles. The first-order valence-corrected chi connectivity index (χ1v) is 6.43. The molecule has 5 heteroatoms. The van der Waals surface area contributed by atoms with E-state index in [1.165, 1.54) is 6.07 Å². The monoisotopic (exact) mass is 288 g/mol. The SMILES string of the molecule is N#Cc1ccc(CNC[C@H](O)c2ccc(F)c(F)c2)cc1. The molecule has 2 aromatic rings. The molecule has 0 aliphatic carbocycles. The van der Waals surface area contributed by atoms with Crippen molar-refractivity contribution >= 4 is 0 Å². The fraction of sp³-hybridized carbons (Fsp3) is 0.188. The van der Waals surface area contributed by atoms with Crippen molar-refractivity contribution in [3.63, 3.8) is 0 Å². The largest absolute Gasteiger partial charge is 0.387 e. The van der Waals surface area contributed by atoms with E-state index in [1.54, 1.807) is 12.1 Å². The molecule has 2 N–H and O–H groups in total. The number of nitrogens with one attached hydrogen (secondary N) is 1. The molecule has 0 radical (unpaired) electrons. The van der Waals surface area contributed by atoms with E-state index in [0.29, 0.717) is 17.7 Å². The molecule has 0 aromatic heterocycles. The Bertz CT molecular complexity index is 650. The number of aliphatic hydroxyl groups excluding tert-OH is 1. The number of nitrogens with zero attached hydrogens (tertiary/aromatic N) is 1. The van der Waals surface area contributed by atoms with Crippen molar-refractivity contribution in [3.8, 4) is 6.07 Å². The van der Waals surface area contributed by atoms with E-state index in [2.05, 4.69) is 5.32 Å². The van der Waals surface area contributed by atoms with E-state index in [9.17, 15) is 13.9 Å². The molecule has 0 bridgehead atoms. The maximum absolute atomic E-state index is 13.1. The maximum Gasteiger partial charge on any atom is 0.159 e. The first kappa shape index (κ1) is 15.1. The van der Waals surface area contributed by atoms with Gasteiger partial charge in [0, 0.05) is 13.1 Å². The highest BCUT2D eigenvalue weighted by Crippen LogP contribution is 2.15. The van der Waals surface area contributed by atoms with Crippen LogP contribution in [-0.4, -0.2) is 11.7 Å². The van der Waals surface area contributed by atoms with Crippen LogP contribution in [0.3, 0.4) is 0 Å². The van der Waals surface area contributed by atoms with Crippen LogP contribution in [0, 0.1) is 23.0 Å². The van der Waals surface area contributed by atoms with Crippen LogP contribution >= 0.6 is 0 Å². The van der Waals surface area contributed by atoms with Gasteiger partial charge in [0.1, 0.15) is 0 Å². The van der Waals surface area contributed by atoms with Crippen LogP contribution in [0.15, 0.2) is 42.5 Å². The van der Waals surface area contributed by atoms with Gasteiger partial charge in [0.15, 0.2) is 11.6 Å². The van der Waals surface area contributed by atoms with E-state index in [4.69, 9.17) is 5.26 Å². The van der Waals surface area contributed by atoms with Gasteiger partial charge in [0.25, 0.3) is 0 Å². The lowest BCUT2D eigenvalue weighted by Crippen LogP contribution is -2.21. The van der Waals surface area contributed by atoms with E-state index in [1.807, 2.05) is 18.2 Å². The van der Waals surface area contributed by atoms with Crippen molar-refractivity contribution < 1.29 is 13.9 Å². The summed E-state index contributed by atoms with van der Waals surface area (Å²) in [6.45, 7) is 0.720. The van der Waals surface area contributed by atoms with Crippen LogP contribution < -0.4 is 5.32 Å². The van der Waals surface area contributed by atoms with Crippen molar-refractivity contribution in [1.82, 2.24) is 5.32 Å². The lowest BCUT2D eigenvalue weighted by molar-refractivity contribution is 0.173. The van der Waals surface area contributed by atoms with Crippen LogP contribution in [0.1, 0.15) is 22.8 Å². The normalized spacial score (nSPS) is 11.9. The Morgan fingerprint density at radius 2 is 1.81 bits per heavy atom. The summed E-state index contributed by atoms with van der Waals surface area (Å²) in [6.07, 6.45) is -0.918. The van der Waals surface area contributed by atoms with Crippen molar-refractivity contribution in [3.05, 3.63) is 70.8 Å². The molecule has 0 amide bonds. The standard InChI is InChI=1S/C16H14F2N2O/c17-14-6-5-13(7-15(14)18)16(21)10-20-9-12-3-1-11(8-19)2-4-12/h1-7,16,20-21H,9-10H2/t16-/m0/s1. The second kappa shape index (κ2) is 6.93. The molecular weight excluding hydrogens is 274 g/mol. The fourth-order valence-electron chi connectivity index (χ4n) is 1.89. The molecule has 2 rings (SSSR count). The molecule has 0 fully saturated rings. The Morgan fingerprint density at radius 1 is 1.10 bits per heavy atom. The molecular formula is C16H14F2N2O. The predicted octanol–water partition coefficient (Wildman–Crippen LogP) is 2.66. The van der Waals surface area contributed by atoms with E-state index in [-0.39, 0.29) is 6.54 Å². The van der Waals surface area contributed by atoms with Gasteiger partial charge < -0.3 is 10.4 Å².